The van der Waals surface area contributed by atoms with E-state index in [1.165, 1.54) is 6.92 Å². The van der Waals surface area contributed by atoms with Gasteiger partial charge >= 0.3 is 5.69 Å². The average Bonchev–Trinajstić information content (AvgIpc) is 2.66. The van der Waals surface area contributed by atoms with E-state index in [1.807, 2.05) is 0 Å². The number of nitrogens with zero attached hydrogens (tertiary/aromatic N) is 2. The monoisotopic (exact) mass is 288 g/mol. The molecule has 1 saturated heterocycles. The molecule has 4 N–H and O–H groups in total. The van der Waals surface area contributed by atoms with E-state index in [0.717, 1.165) is 16.8 Å². The molecule has 9 heteroatoms. The summed E-state index contributed by atoms with van der Waals surface area (Å²) in [6.45, 7) is 0.712. The van der Waals surface area contributed by atoms with E-state index in [2.05, 4.69) is 0 Å². The quantitative estimate of drug-likeness (QED) is 0.469. The first-order valence-corrected chi connectivity index (χ1v) is 6.02. The zero-order valence-corrected chi connectivity index (χ0v) is 10.7. The van der Waals surface area contributed by atoms with E-state index in [9.17, 15) is 24.9 Å². The zero-order valence-electron chi connectivity index (χ0n) is 10.7. The summed E-state index contributed by atoms with van der Waals surface area (Å²) in [6.07, 6.45) is -5.33. The summed E-state index contributed by atoms with van der Waals surface area (Å²) in [5.41, 5.74) is -1.59. The van der Waals surface area contributed by atoms with Gasteiger partial charge in [-0.05, 0) is 6.92 Å². The van der Waals surface area contributed by atoms with Crippen LogP contribution in [0.5, 0.6) is 0 Å². The predicted octanol–water partition coefficient (Wildman–Crippen LogP) is -2.87. The van der Waals surface area contributed by atoms with Crippen LogP contribution in [0.3, 0.4) is 0 Å². The Hall–Kier alpha value is -1.52. The minimum absolute atomic E-state index is 0.528. The lowest BCUT2D eigenvalue weighted by Crippen LogP contribution is -2.44. The van der Waals surface area contributed by atoms with E-state index in [4.69, 9.17) is 9.84 Å². The van der Waals surface area contributed by atoms with Crippen LogP contribution in [0.4, 0.5) is 0 Å². The van der Waals surface area contributed by atoms with Crippen molar-refractivity contribution in [2.24, 2.45) is 0 Å². The first-order valence-electron chi connectivity index (χ1n) is 6.02. The number of rotatable bonds is 3. The number of aliphatic hydroxyl groups excluding tert-OH is 4. The molecular weight excluding hydrogens is 272 g/mol. The SMILES string of the molecule is CC(O)n1c(=O)ccn([C@@H]2O[C@H](CO)[C@@H](O)[C@H]2O)c1=O. The Morgan fingerprint density at radius 1 is 1.35 bits per heavy atom. The van der Waals surface area contributed by atoms with Crippen LogP contribution >= 0.6 is 0 Å². The lowest BCUT2D eigenvalue weighted by Gasteiger charge is -2.19. The van der Waals surface area contributed by atoms with Crippen molar-refractivity contribution < 1.29 is 25.2 Å². The molecule has 1 fully saturated rings. The molecule has 0 amide bonds. The van der Waals surface area contributed by atoms with Gasteiger partial charge in [0.2, 0.25) is 0 Å². The van der Waals surface area contributed by atoms with Crippen molar-refractivity contribution in [3.05, 3.63) is 33.1 Å². The standard InChI is InChI=1S/C11H16N2O7/c1-5(15)13-7(16)2-3-12(11(13)19)10-9(18)8(17)6(4-14)20-10/h2-3,5-6,8-10,14-15,17-18H,4H2,1H3/t5?,6-,8-,9-,10-/m1/s1. The van der Waals surface area contributed by atoms with Crippen molar-refractivity contribution in [1.29, 1.82) is 0 Å². The van der Waals surface area contributed by atoms with Crippen molar-refractivity contribution in [2.45, 2.75) is 37.7 Å². The highest BCUT2D eigenvalue weighted by Crippen LogP contribution is 2.27. The molecule has 0 aromatic carbocycles. The minimum Gasteiger partial charge on any atom is -0.394 e. The van der Waals surface area contributed by atoms with Gasteiger partial charge in [-0.1, -0.05) is 0 Å². The fourth-order valence-electron chi connectivity index (χ4n) is 2.15. The molecule has 112 valence electrons. The zero-order chi connectivity index (χ0) is 15.0. The van der Waals surface area contributed by atoms with Gasteiger partial charge in [0.1, 0.15) is 24.5 Å². The van der Waals surface area contributed by atoms with Gasteiger partial charge in [0.05, 0.1) is 6.61 Å². The maximum absolute atomic E-state index is 12.1. The molecule has 0 bridgehead atoms. The van der Waals surface area contributed by atoms with E-state index in [1.54, 1.807) is 0 Å². The van der Waals surface area contributed by atoms with E-state index < -0.39 is 48.6 Å². The Kier molecular flexibility index (Phi) is 4.06. The third-order valence-electron chi connectivity index (χ3n) is 3.21. The number of aliphatic hydroxyl groups is 4. The maximum Gasteiger partial charge on any atom is 0.335 e. The van der Waals surface area contributed by atoms with Crippen molar-refractivity contribution in [3.8, 4) is 0 Å². The Morgan fingerprint density at radius 3 is 2.50 bits per heavy atom. The molecule has 0 radical (unpaired) electrons. The smallest absolute Gasteiger partial charge is 0.335 e. The topological polar surface area (TPSA) is 134 Å². The van der Waals surface area contributed by atoms with Crippen molar-refractivity contribution >= 4 is 0 Å². The lowest BCUT2D eigenvalue weighted by molar-refractivity contribution is -0.0566. The van der Waals surface area contributed by atoms with Gasteiger partial charge in [0.15, 0.2) is 6.23 Å². The number of hydrogen-bond acceptors (Lipinski definition) is 7. The highest BCUT2D eigenvalue weighted by atomic mass is 16.6. The highest BCUT2D eigenvalue weighted by Gasteiger charge is 2.43. The molecule has 2 heterocycles. The third-order valence-corrected chi connectivity index (χ3v) is 3.21. The van der Waals surface area contributed by atoms with E-state index >= 15 is 0 Å². The molecule has 1 aliphatic rings. The summed E-state index contributed by atoms with van der Waals surface area (Å²) in [7, 11) is 0. The van der Waals surface area contributed by atoms with Crippen molar-refractivity contribution in [1.82, 2.24) is 9.13 Å². The fraction of sp³-hybridized carbons (Fsp3) is 0.636. The third kappa shape index (κ3) is 2.30. The average molecular weight is 288 g/mol. The second-order valence-corrected chi connectivity index (χ2v) is 4.57. The van der Waals surface area contributed by atoms with Crippen LogP contribution in [-0.2, 0) is 4.74 Å². The van der Waals surface area contributed by atoms with Crippen molar-refractivity contribution in [3.63, 3.8) is 0 Å². The molecule has 20 heavy (non-hydrogen) atoms. The molecule has 0 aliphatic carbocycles. The van der Waals surface area contributed by atoms with E-state index in [0.29, 0.717) is 4.57 Å². The molecule has 9 nitrogen and oxygen atoms in total. The minimum atomic E-state index is -1.44. The molecule has 0 saturated carbocycles. The molecule has 1 aromatic rings. The van der Waals surface area contributed by atoms with Crippen LogP contribution in [0.2, 0.25) is 0 Å². The Labute approximate surface area is 112 Å². The largest absolute Gasteiger partial charge is 0.394 e. The van der Waals surface area contributed by atoms with Crippen LogP contribution in [0, 0.1) is 0 Å². The van der Waals surface area contributed by atoms with Gasteiger partial charge in [-0.15, -0.1) is 0 Å². The van der Waals surface area contributed by atoms with E-state index in [-0.39, 0.29) is 0 Å². The molecule has 2 rings (SSSR count). The molecule has 5 atom stereocenters. The van der Waals surface area contributed by atoms with Gasteiger partial charge in [-0.2, -0.15) is 0 Å². The van der Waals surface area contributed by atoms with Gasteiger partial charge in [-0.3, -0.25) is 9.36 Å². The van der Waals surface area contributed by atoms with Crippen LogP contribution in [0.25, 0.3) is 0 Å². The molecular formula is C11H16N2O7. The highest BCUT2D eigenvalue weighted by molar-refractivity contribution is 4.94. The van der Waals surface area contributed by atoms with Crippen LogP contribution in [0.1, 0.15) is 19.4 Å². The molecule has 1 aliphatic heterocycles. The summed E-state index contributed by atoms with van der Waals surface area (Å²) in [5.74, 6) is 0. The number of ether oxygens (including phenoxy) is 1. The van der Waals surface area contributed by atoms with Crippen LogP contribution < -0.4 is 11.2 Å². The van der Waals surface area contributed by atoms with Crippen molar-refractivity contribution in [2.75, 3.05) is 6.61 Å². The van der Waals surface area contributed by atoms with Crippen LogP contribution in [-0.4, -0.2) is 54.5 Å². The van der Waals surface area contributed by atoms with Gasteiger partial charge in [0.25, 0.3) is 5.56 Å². The first-order chi connectivity index (χ1) is 9.38. The normalized spacial score (nSPS) is 31.4. The molecule has 0 spiro atoms. The maximum atomic E-state index is 12.1. The first kappa shape index (κ1) is 14.9. The van der Waals surface area contributed by atoms with Gasteiger partial charge < -0.3 is 25.2 Å². The predicted molar refractivity (Wildman–Crippen MR) is 64.9 cm³/mol. The summed E-state index contributed by atoms with van der Waals surface area (Å²) in [6, 6.07) is 1.03. The molecule has 1 unspecified atom stereocenters. The summed E-state index contributed by atoms with van der Waals surface area (Å²) in [5, 5.41) is 37.9. The van der Waals surface area contributed by atoms with Gasteiger partial charge in [0, 0.05) is 12.3 Å². The lowest BCUT2D eigenvalue weighted by atomic mass is 10.1. The second kappa shape index (κ2) is 5.46. The molecule has 1 aromatic heterocycles. The Morgan fingerprint density at radius 2 is 2.00 bits per heavy atom. The Balaban J connectivity index is 2.47. The second-order valence-electron chi connectivity index (χ2n) is 4.57. The fourth-order valence-corrected chi connectivity index (χ4v) is 2.15. The summed E-state index contributed by atoms with van der Waals surface area (Å²) < 4.78 is 6.66. The number of aromatic nitrogens is 2. The van der Waals surface area contributed by atoms with Gasteiger partial charge in [-0.25, -0.2) is 9.36 Å². The summed E-state index contributed by atoms with van der Waals surface area (Å²) in [4.78, 5) is 23.6. The van der Waals surface area contributed by atoms with Crippen LogP contribution in [0.15, 0.2) is 21.9 Å². The summed E-state index contributed by atoms with van der Waals surface area (Å²) >= 11 is 0. The Bertz CT molecular complexity index is 593. The number of hydrogen-bond donors (Lipinski definition) is 4.